The number of nitrogens with zero attached hydrogens (tertiary/aromatic N) is 1. The summed E-state index contributed by atoms with van der Waals surface area (Å²) in [6, 6.07) is 21.6. The molecule has 1 aliphatic carbocycles. The molecule has 1 N–H and O–H groups in total. The van der Waals surface area contributed by atoms with E-state index in [1.165, 1.54) is 30.3 Å². The maximum Gasteiger partial charge on any atom is 0.265 e. The zero-order valence-corrected chi connectivity index (χ0v) is 21.1. The topological polar surface area (TPSA) is 49.4 Å². The van der Waals surface area contributed by atoms with E-state index < -0.39 is 0 Å². The summed E-state index contributed by atoms with van der Waals surface area (Å²) in [5.74, 6) is -0.112. The van der Waals surface area contributed by atoms with Crippen LogP contribution in [0.15, 0.2) is 82.6 Å². The SMILES string of the molecule is C[C@H]1CCCC[C@H]1NC(=O)c1ccc2c(c1)N(Cc1ccc(F)cc1)C(=O)/C(=C/c1ccccc1)S2. The Morgan fingerprint density at radius 2 is 1.81 bits per heavy atom. The number of anilines is 1. The molecule has 2 amide bonds. The first kappa shape index (κ1) is 24.3. The normalized spacial score (nSPS) is 20.8. The molecule has 6 heteroatoms. The highest BCUT2D eigenvalue weighted by molar-refractivity contribution is 8.04. The lowest BCUT2D eigenvalue weighted by Gasteiger charge is -2.32. The second-order valence-corrected chi connectivity index (χ2v) is 10.6. The van der Waals surface area contributed by atoms with Gasteiger partial charge in [-0.2, -0.15) is 0 Å². The Kier molecular flexibility index (Phi) is 7.23. The van der Waals surface area contributed by atoms with Gasteiger partial charge in [0.05, 0.1) is 17.1 Å². The van der Waals surface area contributed by atoms with Crippen LogP contribution in [0, 0.1) is 11.7 Å². The Balaban J connectivity index is 1.48. The molecule has 0 bridgehead atoms. The molecule has 1 saturated carbocycles. The largest absolute Gasteiger partial charge is 0.349 e. The number of nitrogens with one attached hydrogen (secondary N) is 1. The van der Waals surface area contributed by atoms with Crippen molar-refractivity contribution in [1.29, 1.82) is 0 Å². The van der Waals surface area contributed by atoms with Crippen molar-refractivity contribution >= 4 is 35.3 Å². The molecule has 1 fully saturated rings. The highest BCUT2D eigenvalue weighted by Gasteiger charge is 2.31. The van der Waals surface area contributed by atoms with Crippen molar-refractivity contribution in [2.24, 2.45) is 5.92 Å². The average molecular weight is 501 g/mol. The van der Waals surface area contributed by atoms with Gasteiger partial charge in [-0.15, -0.1) is 0 Å². The Labute approximate surface area is 215 Å². The number of thioether (sulfide) groups is 1. The minimum atomic E-state index is -0.319. The standard InChI is InChI=1S/C30H29FN2O2S/c1-20-7-5-6-10-25(20)32-29(34)23-13-16-27-26(18-23)33(19-22-11-14-24(31)15-12-22)30(35)28(36-27)17-21-8-3-2-4-9-21/h2-4,8-9,11-18,20,25H,5-7,10,19H2,1H3,(H,32,34)/b28-17-/t20-,25+/m0/s1. The summed E-state index contributed by atoms with van der Waals surface area (Å²) in [6.45, 7) is 2.47. The van der Waals surface area contributed by atoms with E-state index in [9.17, 15) is 14.0 Å². The molecule has 0 aromatic heterocycles. The Hall–Kier alpha value is -3.38. The molecule has 0 spiro atoms. The highest BCUT2D eigenvalue weighted by atomic mass is 32.2. The van der Waals surface area contributed by atoms with Gasteiger partial charge in [0.25, 0.3) is 11.8 Å². The van der Waals surface area contributed by atoms with Gasteiger partial charge in [0.2, 0.25) is 0 Å². The summed E-state index contributed by atoms with van der Waals surface area (Å²) in [6.07, 6.45) is 6.35. The summed E-state index contributed by atoms with van der Waals surface area (Å²) in [4.78, 5) is 30.0. The van der Waals surface area contributed by atoms with Gasteiger partial charge in [-0.05, 0) is 66.3 Å². The number of benzene rings is 3. The average Bonchev–Trinajstić information content (AvgIpc) is 2.89. The Bertz CT molecular complexity index is 1290. The molecule has 2 aliphatic rings. The van der Waals surface area contributed by atoms with Gasteiger partial charge in [-0.1, -0.05) is 74.0 Å². The molecule has 0 unspecified atom stereocenters. The zero-order valence-electron chi connectivity index (χ0n) is 20.2. The Morgan fingerprint density at radius 3 is 2.56 bits per heavy atom. The molecule has 4 nitrogen and oxygen atoms in total. The van der Waals surface area contributed by atoms with Crippen LogP contribution in [0.4, 0.5) is 10.1 Å². The molecule has 36 heavy (non-hydrogen) atoms. The lowest BCUT2D eigenvalue weighted by molar-refractivity contribution is -0.114. The van der Waals surface area contributed by atoms with E-state index in [1.807, 2.05) is 54.6 Å². The van der Waals surface area contributed by atoms with Crippen LogP contribution in [0.1, 0.15) is 54.1 Å². The molecule has 1 aliphatic heterocycles. The fraction of sp³-hybridized carbons (Fsp3) is 0.267. The van der Waals surface area contributed by atoms with E-state index in [2.05, 4.69) is 12.2 Å². The predicted octanol–water partition coefficient (Wildman–Crippen LogP) is 6.81. The number of hydrogen-bond donors (Lipinski definition) is 1. The van der Waals surface area contributed by atoms with Crippen LogP contribution in [0.5, 0.6) is 0 Å². The number of rotatable bonds is 5. The molecule has 3 aromatic carbocycles. The van der Waals surface area contributed by atoms with Crippen molar-refractivity contribution in [1.82, 2.24) is 5.32 Å². The van der Waals surface area contributed by atoms with Crippen LogP contribution in [0.3, 0.4) is 0 Å². The predicted molar refractivity (Wildman–Crippen MR) is 143 cm³/mol. The van der Waals surface area contributed by atoms with E-state index in [0.29, 0.717) is 22.1 Å². The Morgan fingerprint density at radius 1 is 1.06 bits per heavy atom. The summed E-state index contributed by atoms with van der Waals surface area (Å²) in [7, 11) is 0. The molecule has 3 aromatic rings. The molecular formula is C30H29FN2O2S. The van der Waals surface area contributed by atoms with E-state index in [0.717, 1.165) is 35.3 Å². The van der Waals surface area contributed by atoms with Crippen LogP contribution in [-0.2, 0) is 11.3 Å². The van der Waals surface area contributed by atoms with E-state index in [4.69, 9.17) is 0 Å². The van der Waals surface area contributed by atoms with Crippen molar-refractivity contribution in [3.05, 3.63) is 100 Å². The molecular weight excluding hydrogens is 471 g/mol. The third-order valence-corrected chi connectivity index (χ3v) is 8.04. The summed E-state index contributed by atoms with van der Waals surface area (Å²) in [5.41, 5.74) is 2.99. The van der Waals surface area contributed by atoms with Crippen LogP contribution < -0.4 is 10.2 Å². The van der Waals surface area contributed by atoms with Crippen molar-refractivity contribution in [2.45, 2.75) is 50.1 Å². The van der Waals surface area contributed by atoms with Gasteiger partial charge >= 0.3 is 0 Å². The monoisotopic (exact) mass is 500 g/mol. The second-order valence-electron chi connectivity index (χ2n) is 9.56. The third kappa shape index (κ3) is 5.39. The highest BCUT2D eigenvalue weighted by Crippen LogP contribution is 2.43. The van der Waals surface area contributed by atoms with Gasteiger partial charge < -0.3 is 10.2 Å². The lowest BCUT2D eigenvalue weighted by Crippen LogP contribution is -2.41. The minimum Gasteiger partial charge on any atom is -0.349 e. The van der Waals surface area contributed by atoms with Gasteiger partial charge in [0.15, 0.2) is 0 Å². The van der Waals surface area contributed by atoms with Gasteiger partial charge in [-0.25, -0.2) is 4.39 Å². The number of carbonyl (C=O) groups is 2. The number of carbonyl (C=O) groups excluding carboxylic acids is 2. The van der Waals surface area contributed by atoms with E-state index >= 15 is 0 Å². The smallest absolute Gasteiger partial charge is 0.265 e. The van der Waals surface area contributed by atoms with Crippen molar-refractivity contribution in [3.63, 3.8) is 0 Å². The second kappa shape index (κ2) is 10.7. The van der Waals surface area contributed by atoms with Gasteiger partial charge in [0.1, 0.15) is 5.82 Å². The lowest BCUT2D eigenvalue weighted by atomic mass is 9.86. The first-order valence-corrected chi connectivity index (χ1v) is 13.3. The van der Waals surface area contributed by atoms with Crippen molar-refractivity contribution < 1.29 is 14.0 Å². The molecule has 184 valence electrons. The fourth-order valence-corrected chi connectivity index (χ4v) is 5.90. The molecule has 1 heterocycles. The van der Waals surface area contributed by atoms with Crippen molar-refractivity contribution in [3.8, 4) is 0 Å². The van der Waals surface area contributed by atoms with Crippen LogP contribution >= 0.6 is 11.8 Å². The number of fused-ring (bicyclic) bond motifs is 1. The third-order valence-electron chi connectivity index (χ3n) is 6.97. The van der Waals surface area contributed by atoms with Gasteiger partial charge in [-0.3, -0.25) is 9.59 Å². The molecule has 2 atom stereocenters. The minimum absolute atomic E-state index is 0.110. The first-order chi connectivity index (χ1) is 17.5. The number of halogens is 1. The number of amides is 2. The zero-order chi connectivity index (χ0) is 25.1. The molecule has 0 radical (unpaired) electrons. The summed E-state index contributed by atoms with van der Waals surface area (Å²) < 4.78 is 13.5. The maximum atomic E-state index is 13.7. The fourth-order valence-electron chi connectivity index (χ4n) is 4.86. The first-order valence-electron chi connectivity index (χ1n) is 12.4. The summed E-state index contributed by atoms with van der Waals surface area (Å²) in [5, 5.41) is 3.21. The van der Waals surface area contributed by atoms with E-state index in [1.54, 1.807) is 17.0 Å². The summed E-state index contributed by atoms with van der Waals surface area (Å²) >= 11 is 1.41. The van der Waals surface area contributed by atoms with Crippen LogP contribution in [0.25, 0.3) is 6.08 Å². The van der Waals surface area contributed by atoms with Crippen LogP contribution in [-0.4, -0.2) is 17.9 Å². The van der Waals surface area contributed by atoms with Crippen molar-refractivity contribution in [2.75, 3.05) is 4.90 Å². The molecule has 0 saturated heterocycles. The quantitative estimate of drug-likeness (QED) is 0.391. The number of hydrogen-bond acceptors (Lipinski definition) is 3. The van der Waals surface area contributed by atoms with Gasteiger partial charge in [0, 0.05) is 16.5 Å². The molecule has 5 rings (SSSR count). The van der Waals surface area contributed by atoms with Crippen LogP contribution in [0.2, 0.25) is 0 Å². The van der Waals surface area contributed by atoms with E-state index in [-0.39, 0.29) is 30.2 Å². The maximum absolute atomic E-state index is 13.7.